The highest BCUT2D eigenvalue weighted by molar-refractivity contribution is 6.39. The number of ether oxygens (including phenoxy) is 1. The number of halogens is 1. The van der Waals surface area contributed by atoms with E-state index >= 15 is 0 Å². The molecule has 0 heterocycles. The Morgan fingerprint density at radius 1 is 1.12 bits per heavy atom. The highest BCUT2D eigenvalue weighted by Gasteiger charge is 2.12. The number of carbonyl (C=O) groups is 2. The molecule has 0 spiro atoms. The topological polar surface area (TPSA) is 79.8 Å². The Balaban J connectivity index is 1.88. The van der Waals surface area contributed by atoms with Crippen molar-refractivity contribution in [1.82, 2.24) is 5.43 Å². The molecule has 0 bridgehead atoms. The number of nitrogens with one attached hydrogen (secondary N) is 2. The van der Waals surface area contributed by atoms with Crippen molar-refractivity contribution in [3.63, 3.8) is 0 Å². The first kappa shape index (κ1) is 17.1. The highest BCUT2D eigenvalue weighted by Crippen LogP contribution is 2.15. The van der Waals surface area contributed by atoms with Crippen LogP contribution in [0.3, 0.4) is 0 Å². The summed E-state index contributed by atoms with van der Waals surface area (Å²) in [5.74, 6) is -1.66. The first-order valence-corrected chi connectivity index (χ1v) is 7.22. The Bertz CT molecular complexity index is 745. The number of hydrogen-bond donors (Lipinski definition) is 2. The molecule has 2 aromatic carbocycles. The van der Waals surface area contributed by atoms with Gasteiger partial charge in [-0.3, -0.25) is 9.59 Å². The predicted molar refractivity (Wildman–Crippen MR) is 88.4 cm³/mol. The summed E-state index contributed by atoms with van der Waals surface area (Å²) in [5.41, 5.74) is 2.68. The number of nitrogens with zero attached hydrogens (tertiary/aromatic N) is 1. The number of rotatable bonds is 5. The van der Waals surface area contributed by atoms with Gasteiger partial charge in [0.2, 0.25) is 0 Å². The standard InChI is InChI=1S/C17H16FN3O3/c1-2-24-14-9-7-13(8-10-14)20-16(22)17(23)21-19-11-12-5-3-4-6-15(12)18/h3-11H,2H2,1H3,(H,20,22)(H,21,23)/b19-11+. The zero-order valence-corrected chi connectivity index (χ0v) is 13.0. The minimum atomic E-state index is -0.962. The quantitative estimate of drug-likeness (QED) is 0.502. The molecule has 0 aromatic heterocycles. The largest absolute Gasteiger partial charge is 0.494 e. The summed E-state index contributed by atoms with van der Waals surface area (Å²) in [6.07, 6.45) is 1.12. The molecule has 2 N–H and O–H groups in total. The first-order valence-electron chi connectivity index (χ1n) is 7.22. The minimum Gasteiger partial charge on any atom is -0.494 e. The number of benzene rings is 2. The average molecular weight is 329 g/mol. The van der Waals surface area contributed by atoms with Gasteiger partial charge in [-0.1, -0.05) is 18.2 Å². The van der Waals surface area contributed by atoms with Crippen LogP contribution in [0.15, 0.2) is 53.6 Å². The smallest absolute Gasteiger partial charge is 0.329 e. The Labute approximate surface area is 138 Å². The van der Waals surface area contributed by atoms with E-state index < -0.39 is 17.6 Å². The molecule has 2 amide bonds. The summed E-state index contributed by atoms with van der Waals surface area (Å²) in [5, 5.41) is 5.97. The van der Waals surface area contributed by atoms with E-state index in [1.165, 1.54) is 18.2 Å². The van der Waals surface area contributed by atoms with Gasteiger partial charge in [0.05, 0.1) is 12.8 Å². The molecule has 0 aliphatic carbocycles. The van der Waals surface area contributed by atoms with E-state index in [1.807, 2.05) is 12.3 Å². The van der Waals surface area contributed by atoms with Gasteiger partial charge >= 0.3 is 11.8 Å². The average Bonchev–Trinajstić information content (AvgIpc) is 2.58. The van der Waals surface area contributed by atoms with Crippen LogP contribution < -0.4 is 15.5 Å². The number of hydrazone groups is 1. The summed E-state index contributed by atoms with van der Waals surface area (Å²) in [4.78, 5) is 23.4. The Morgan fingerprint density at radius 2 is 1.83 bits per heavy atom. The van der Waals surface area contributed by atoms with Crippen LogP contribution in [0.2, 0.25) is 0 Å². The molecule has 124 valence electrons. The molecule has 7 heteroatoms. The lowest BCUT2D eigenvalue weighted by atomic mass is 10.2. The number of carbonyl (C=O) groups excluding carboxylic acids is 2. The van der Waals surface area contributed by atoms with E-state index in [9.17, 15) is 14.0 Å². The van der Waals surface area contributed by atoms with Crippen LogP contribution >= 0.6 is 0 Å². The molecule has 2 aromatic rings. The number of anilines is 1. The monoisotopic (exact) mass is 329 g/mol. The lowest BCUT2D eigenvalue weighted by Gasteiger charge is -2.06. The van der Waals surface area contributed by atoms with E-state index in [0.29, 0.717) is 18.0 Å². The van der Waals surface area contributed by atoms with Crippen molar-refractivity contribution in [3.8, 4) is 5.75 Å². The fourth-order valence-corrected chi connectivity index (χ4v) is 1.78. The van der Waals surface area contributed by atoms with Crippen molar-refractivity contribution in [2.45, 2.75) is 6.92 Å². The molecule has 0 radical (unpaired) electrons. The Morgan fingerprint density at radius 3 is 2.50 bits per heavy atom. The molecular weight excluding hydrogens is 313 g/mol. The van der Waals surface area contributed by atoms with Crippen LogP contribution in [0.1, 0.15) is 12.5 Å². The van der Waals surface area contributed by atoms with Crippen LogP contribution in [-0.2, 0) is 9.59 Å². The molecule has 0 saturated heterocycles. The van der Waals surface area contributed by atoms with Gasteiger partial charge in [-0.05, 0) is 37.3 Å². The van der Waals surface area contributed by atoms with Gasteiger partial charge in [0.15, 0.2) is 0 Å². The second-order valence-corrected chi connectivity index (χ2v) is 4.63. The molecule has 0 aliphatic heterocycles. The normalized spacial score (nSPS) is 10.4. The van der Waals surface area contributed by atoms with E-state index in [4.69, 9.17) is 4.74 Å². The fourth-order valence-electron chi connectivity index (χ4n) is 1.78. The number of amides is 2. The lowest BCUT2D eigenvalue weighted by molar-refractivity contribution is -0.136. The minimum absolute atomic E-state index is 0.199. The van der Waals surface area contributed by atoms with Crippen molar-refractivity contribution >= 4 is 23.7 Å². The highest BCUT2D eigenvalue weighted by atomic mass is 19.1. The van der Waals surface area contributed by atoms with Gasteiger partial charge in [-0.2, -0.15) is 5.10 Å². The maximum absolute atomic E-state index is 13.4. The van der Waals surface area contributed by atoms with E-state index in [-0.39, 0.29) is 5.56 Å². The molecule has 0 unspecified atom stereocenters. The third-order valence-corrected chi connectivity index (χ3v) is 2.90. The van der Waals surface area contributed by atoms with Gasteiger partial charge in [-0.25, -0.2) is 9.82 Å². The van der Waals surface area contributed by atoms with Crippen LogP contribution in [0.4, 0.5) is 10.1 Å². The van der Waals surface area contributed by atoms with Gasteiger partial charge in [0, 0.05) is 11.3 Å². The van der Waals surface area contributed by atoms with Gasteiger partial charge < -0.3 is 10.1 Å². The Kier molecular flexibility index (Phi) is 6.01. The lowest BCUT2D eigenvalue weighted by Crippen LogP contribution is -2.32. The van der Waals surface area contributed by atoms with Crippen molar-refractivity contribution in [2.24, 2.45) is 5.10 Å². The van der Waals surface area contributed by atoms with E-state index in [1.54, 1.807) is 30.3 Å². The van der Waals surface area contributed by atoms with Crippen molar-refractivity contribution in [3.05, 3.63) is 59.9 Å². The maximum atomic E-state index is 13.4. The summed E-state index contributed by atoms with van der Waals surface area (Å²) in [6, 6.07) is 12.5. The van der Waals surface area contributed by atoms with Crippen molar-refractivity contribution in [1.29, 1.82) is 0 Å². The van der Waals surface area contributed by atoms with Crippen LogP contribution in [0, 0.1) is 5.82 Å². The molecule has 0 saturated carbocycles. The summed E-state index contributed by atoms with van der Waals surface area (Å²) in [6.45, 7) is 2.40. The third-order valence-electron chi connectivity index (χ3n) is 2.90. The molecule has 0 aliphatic rings. The second-order valence-electron chi connectivity index (χ2n) is 4.63. The number of hydrogen-bond acceptors (Lipinski definition) is 4. The molecular formula is C17H16FN3O3. The van der Waals surface area contributed by atoms with Crippen molar-refractivity contribution < 1.29 is 18.7 Å². The van der Waals surface area contributed by atoms with Crippen LogP contribution in [0.5, 0.6) is 5.75 Å². The van der Waals surface area contributed by atoms with Crippen LogP contribution in [-0.4, -0.2) is 24.6 Å². The molecule has 0 atom stereocenters. The zero-order chi connectivity index (χ0) is 17.4. The van der Waals surface area contributed by atoms with Gasteiger partial charge in [0.25, 0.3) is 0 Å². The summed E-state index contributed by atoms with van der Waals surface area (Å²) >= 11 is 0. The predicted octanol–water partition coefficient (Wildman–Crippen LogP) is 2.31. The third kappa shape index (κ3) is 4.91. The van der Waals surface area contributed by atoms with Gasteiger partial charge in [-0.15, -0.1) is 0 Å². The fraction of sp³-hybridized carbons (Fsp3) is 0.118. The summed E-state index contributed by atoms with van der Waals surface area (Å²) < 4.78 is 18.6. The Hall–Kier alpha value is -3.22. The van der Waals surface area contributed by atoms with Gasteiger partial charge in [0.1, 0.15) is 11.6 Å². The molecule has 6 nitrogen and oxygen atoms in total. The first-order chi connectivity index (χ1) is 11.6. The molecule has 2 rings (SSSR count). The zero-order valence-electron chi connectivity index (χ0n) is 13.0. The van der Waals surface area contributed by atoms with E-state index in [0.717, 1.165) is 6.21 Å². The van der Waals surface area contributed by atoms with Crippen molar-refractivity contribution in [2.75, 3.05) is 11.9 Å². The summed E-state index contributed by atoms with van der Waals surface area (Å²) in [7, 11) is 0. The maximum Gasteiger partial charge on any atom is 0.329 e. The second kappa shape index (κ2) is 8.42. The van der Waals surface area contributed by atoms with Crippen LogP contribution in [0.25, 0.3) is 0 Å². The van der Waals surface area contributed by atoms with E-state index in [2.05, 4.69) is 10.4 Å². The molecule has 24 heavy (non-hydrogen) atoms. The molecule has 0 fully saturated rings. The SMILES string of the molecule is CCOc1ccc(NC(=O)C(=O)N/N=C/c2ccccc2F)cc1.